The summed E-state index contributed by atoms with van der Waals surface area (Å²) in [5.74, 6) is 1.69. The van der Waals surface area contributed by atoms with Gasteiger partial charge in [0.25, 0.3) is 5.56 Å². The van der Waals surface area contributed by atoms with Crippen LogP contribution in [0.4, 0.5) is 19.0 Å². The molecule has 7 nitrogen and oxygen atoms in total. The van der Waals surface area contributed by atoms with E-state index in [1.165, 1.54) is 12.4 Å². The van der Waals surface area contributed by atoms with Crippen molar-refractivity contribution in [3.05, 3.63) is 75.6 Å². The van der Waals surface area contributed by atoms with E-state index < -0.39 is 29.3 Å². The molecule has 11 heteroatoms. The van der Waals surface area contributed by atoms with Crippen molar-refractivity contribution in [1.82, 2.24) is 19.4 Å². The molecule has 1 aromatic carbocycles. The Morgan fingerprint density at radius 2 is 1.85 bits per heavy atom. The van der Waals surface area contributed by atoms with Gasteiger partial charge in [0.05, 0.1) is 18.1 Å². The topological polar surface area (TPSA) is 80.1 Å². The monoisotopic (exact) mass is 657 g/mol. The Morgan fingerprint density at radius 3 is 2.57 bits per heavy atom. The zero-order valence-electron chi connectivity index (χ0n) is 26.9. The number of benzene rings is 1. The molecule has 0 radical (unpaired) electrons. The summed E-state index contributed by atoms with van der Waals surface area (Å²) in [6, 6.07) is 6.02. The van der Waals surface area contributed by atoms with Gasteiger partial charge in [-0.1, -0.05) is 37.3 Å². The summed E-state index contributed by atoms with van der Waals surface area (Å²) in [6.07, 6.45) is 10.5. The van der Waals surface area contributed by atoms with Crippen molar-refractivity contribution in [2.75, 3.05) is 43.1 Å². The number of halogens is 3. The van der Waals surface area contributed by atoms with Crippen LogP contribution in [-0.4, -0.2) is 61.5 Å². The minimum Gasteiger partial charge on any atom is -0.363 e. The molecule has 5 rings (SSSR count). The van der Waals surface area contributed by atoms with Gasteiger partial charge in [0.15, 0.2) is 0 Å². The molecule has 250 valence electrons. The lowest BCUT2D eigenvalue weighted by Crippen LogP contribution is -2.37. The van der Waals surface area contributed by atoms with Crippen molar-refractivity contribution >= 4 is 27.7 Å². The van der Waals surface area contributed by atoms with Gasteiger partial charge in [-0.3, -0.25) is 18.0 Å². The smallest absolute Gasteiger partial charge is 0.255 e. The molecule has 3 aromatic rings. The highest BCUT2D eigenvalue weighted by molar-refractivity contribution is 7.85. The van der Waals surface area contributed by atoms with Crippen molar-refractivity contribution in [2.24, 2.45) is 11.8 Å². The maximum absolute atomic E-state index is 15.0. The van der Waals surface area contributed by atoms with E-state index in [2.05, 4.69) is 39.3 Å². The highest BCUT2D eigenvalue weighted by Gasteiger charge is 2.25. The van der Waals surface area contributed by atoms with Gasteiger partial charge < -0.3 is 10.2 Å². The van der Waals surface area contributed by atoms with Crippen LogP contribution in [0.3, 0.4) is 0 Å². The highest BCUT2D eigenvalue weighted by atomic mass is 32.2. The Labute approximate surface area is 272 Å². The molecule has 2 aliphatic rings. The minimum absolute atomic E-state index is 0.00479. The first-order valence-corrected chi connectivity index (χ1v) is 18.0. The number of nitrogens with one attached hydrogen (secondary N) is 1. The van der Waals surface area contributed by atoms with Crippen LogP contribution < -0.4 is 10.9 Å². The van der Waals surface area contributed by atoms with Gasteiger partial charge in [-0.2, -0.15) is 0 Å². The first-order chi connectivity index (χ1) is 22.3. The first-order valence-electron chi connectivity index (χ1n) is 16.6. The van der Waals surface area contributed by atoms with Gasteiger partial charge >= 0.3 is 0 Å². The fourth-order valence-corrected chi connectivity index (χ4v) is 8.03. The Bertz CT molecular complexity index is 1580. The fourth-order valence-electron chi connectivity index (χ4n) is 6.73. The van der Waals surface area contributed by atoms with Crippen LogP contribution in [0.2, 0.25) is 0 Å². The van der Waals surface area contributed by atoms with Crippen LogP contribution in [0.5, 0.6) is 0 Å². The molecule has 46 heavy (non-hydrogen) atoms. The van der Waals surface area contributed by atoms with Gasteiger partial charge in [-0.15, -0.1) is 0 Å². The van der Waals surface area contributed by atoms with Crippen LogP contribution in [-0.2, 0) is 24.0 Å². The van der Waals surface area contributed by atoms with E-state index >= 15 is 0 Å². The summed E-state index contributed by atoms with van der Waals surface area (Å²) in [4.78, 5) is 25.4. The average molecular weight is 658 g/mol. The molecule has 2 fully saturated rings. The number of piperidine rings is 1. The number of aryl methyl sites for hydroxylation is 1. The van der Waals surface area contributed by atoms with E-state index in [-0.39, 0.29) is 29.6 Å². The second kappa shape index (κ2) is 16.2. The molecule has 0 bridgehead atoms. The second-order valence-electron chi connectivity index (χ2n) is 13.0. The number of rotatable bonds is 13. The number of pyridine rings is 1. The molecular formula is C35H46F3N5O2S. The number of allylic oxidation sites excluding steroid dienone is 2. The lowest BCUT2D eigenvalue weighted by molar-refractivity contribution is 0.149. The van der Waals surface area contributed by atoms with Gasteiger partial charge in [-0.05, 0) is 82.4 Å². The average Bonchev–Trinajstić information content (AvgIpc) is 3.06. The number of hydrogen-bond donors (Lipinski definition) is 1. The van der Waals surface area contributed by atoms with E-state index in [4.69, 9.17) is 0 Å². The Hall–Kier alpha value is -3.05. The van der Waals surface area contributed by atoms with E-state index in [1.807, 2.05) is 6.07 Å². The van der Waals surface area contributed by atoms with Crippen molar-refractivity contribution in [2.45, 2.75) is 77.6 Å². The largest absolute Gasteiger partial charge is 0.363 e. The van der Waals surface area contributed by atoms with E-state index in [1.54, 1.807) is 23.6 Å². The van der Waals surface area contributed by atoms with Crippen LogP contribution >= 0.6 is 0 Å². The number of likely N-dealkylation sites (tertiary alicyclic amines) is 1. The molecular weight excluding hydrogens is 611 g/mol. The standard InChI is InChI=1S/C35H46F3N5O2S/c1-24(22-42-15-10-26(20-36)11-16-42)7-4-3-5-14-43-34-31(19-30(35(43)44)27-12-17-46(45)18-13-27)33(39-23-40-34)41-25(2)29-9-6-8-28(21-37)32(29)38/h3-4,6,8-9,19,23-27H,5,7,10-18,20-22H2,1-2H3,(H,39,40,41)/b4-3-/t24?,25-,27?,46?/m1/s1. The van der Waals surface area contributed by atoms with E-state index in [9.17, 15) is 22.2 Å². The zero-order valence-corrected chi connectivity index (χ0v) is 27.7. The summed E-state index contributed by atoms with van der Waals surface area (Å²) in [7, 11) is -0.864. The van der Waals surface area contributed by atoms with Gasteiger partial charge in [0.1, 0.15) is 30.3 Å². The van der Waals surface area contributed by atoms with Crippen molar-refractivity contribution < 1.29 is 17.4 Å². The van der Waals surface area contributed by atoms with Crippen LogP contribution in [0, 0.1) is 17.7 Å². The molecule has 2 aromatic heterocycles. The summed E-state index contributed by atoms with van der Waals surface area (Å²) < 4.78 is 55.1. The molecule has 2 aliphatic heterocycles. The summed E-state index contributed by atoms with van der Waals surface area (Å²) in [6.45, 7) is 6.27. The Kier molecular flexibility index (Phi) is 12.1. The summed E-state index contributed by atoms with van der Waals surface area (Å²) in [5, 5.41) is 3.95. The second-order valence-corrected chi connectivity index (χ2v) is 14.7. The Balaban J connectivity index is 1.35. The lowest BCUT2D eigenvalue weighted by Gasteiger charge is -2.32. The quantitative estimate of drug-likeness (QED) is 0.203. The number of aromatic nitrogens is 3. The molecule has 0 aliphatic carbocycles. The van der Waals surface area contributed by atoms with Crippen molar-refractivity contribution in [1.29, 1.82) is 0 Å². The number of fused-ring (bicyclic) bond motifs is 1. The SMILES string of the molecule is CC(C/C=C\CCn1c(=O)c(C2CCS(=O)CC2)cc2c(N[C@H](C)c3cccc(CF)c3F)ncnc21)CN1CCC(CF)CC1. The fraction of sp³-hybridized carbons (Fsp3) is 0.571. The molecule has 1 N–H and O–H groups in total. The maximum atomic E-state index is 15.0. The molecule has 4 heterocycles. The number of alkyl halides is 2. The molecule has 2 atom stereocenters. The number of hydrogen-bond acceptors (Lipinski definition) is 6. The van der Waals surface area contributed by atoms with Crippen molar-refractivity contribution in [3.63, 3.8) is 0 Å². The van der Waals surface area contributed by atoms with E-state index in [0.717, 1.165) is 38.9 Å². The molecule has 0 spiro atoms. The van der Waals surface area contributed by atoms with Crippen LogP contribution in [0.1, 0.15) is 81.0 Å². The third-order valence-electron chi connectivity index (χ3n) is 9.53. The number of nitrogens with zero attached hydrogens (tertiary/aromatic N) is 4. The third kappa shape index (κ3) is 8.26. The molecule has 0 amide bonds. The number of anilines is 1. The molecule has 1 unspecified atom stereocenters. The van der Waals surface area contributed by atoms with Gasteiger partial charge in [0, 0.05) is 52.1 Å². The minimum atomic E-state index is -0.890. The van der Waals surface area contributed by atoms with E-state index in [0.29, 0.717) is 71.2 Å². The lowest BCUT2D eigenvalue weighted by atomic mass is 9.93. The predicted octanol–water partition coefficient (Wildman–Crippen LogP) is 6.85. The van der Waals surface area contributed by atoms with Crippen molar-refractivity contribution in [3.8, 4) is 0 Å². The highest BCUT2D eigenvalue weighted by Crippen LogP contribution is 2.31. The zero-order chi connectivity index (χ0) is 32.6. The van der Waals surface area contributed by atoms with Crippen LogP contribution in [0.25, 0.3) is 11.0 Å². The molecule has 2 saturated heterocycles. The Morgan fingerprint density at radius 1 is 1.09 bits per heavy atom. The third-order valence-corrected chi connectivity index (χ3v) is 10.9. The first kappa shape index (κ1) is 34.3. The van der Waals surface area contributed by atoms with Crippen LogP contribution in [0.15, 0.2) is 47.5 Å². The summed E-state index contributed by atoms with van der Waals surface area (Å²) >= 11 is 0. The maximum Gasteiger partial charge on any atom is 0.255 e. The summed E-state index contributed by atoms with van der Waals surface area (Å²) in [5.41, 5.74) is 1.39. The van der Waals surface area contributed by atoms with Gasteiger partial charge in [0.2, 0.25) is 0 Å². The molecule has 0 saturated carbocycles. The predicted molar refractivity (Wildman–Crippen MR) is 180 cm³/mol. The van der Waals surface area contributed by atoms with Gasteiger partial charge in [-0.25, -0.2) is 18.7 Å². The normalized spacial score (nSPS) is 21.2.